The molecule has 2 aromatic carbocycles. The molecule has 10 nitrogen and oxygen atoms in total. The van der Waals surface area contributed by atoms with Gasteiger partial charge in [-0.1, -0.05) is 48.5 Å². The fraction of sp³-hybridized carbons (Fsp3) is 0.613. The van der Waals surface area contributed by atoms with Crippen molar-refractivity contribution in [2.75, 3.05) is 79.6 Å². The van der Waals surface area contributed by atoms with E-state index in [9.17, 15) is 0 Å². The van der Waals surface area contributed by atoms with Crippen LogP contribution < -0.4 is 4.74 Å². The number of rotatable bonds is 7. The zero-order valence-corrected chi connectivity index (χ0v) is 23.8. The Morgan fingerprint density at radius 1 is 0.732 bits per heavy atom. The molecule has 3 fully saturated rings. The molecule has 0 saturated carbocycles. The second-order valence-electron chi connectivity index (χ2n) is 10.2. The van der Waals surface area contributed by atoms with Crippen LogP contribution in [-0.4, -0.2) is 115 Å². The number of ether oxygens (including phenoxy) is 9. The summed E-state index contributed by atoms with van der Waals surface area (Å²) < 4.78 is 55.4. The van der Waals surface area contributed by atoms with E-state index >= 15 is 0 Å². The van der Waals surface area contributed by atoms with Crippen LogP contribution in [0.2, 0.25) is 0 Å². The van der Waals surface area contributed by atoms with Crippen LogP contribution in [0.5, 0.6) is 5.75 Å². The molecule has 0 N–H and O–H groups in total. The largest absolute Gasteiger partial charge is 0.462 e. The first-order valence-electron chi connectivity index (χ1n) is 14.6. The fourth-order valence-corrected chi connectivity index (χ4v) is 5.27. The first kappa shape index (κ1) is 30.3. The third-order valence-electron chi connectivity index (χ3n) is 7.35. The number of methoxy groups -OCH3 is 1. The molecule has 3 aliphatic heterocycles. The van der Waals surface area contributed by atoms with Gasteiger partial charge in [0.1, 0.15) is 30.2 Å². The van der Waals surface area contributed by atoms with Crippen molar-refractivity contribution in [2.45, 2.75) is 43.4 Å². The molecule has 3 heterocycles. The van der Waals surface area contributed by atoms with E-state index < -0.39 is 37.0 Å². The van der Waals surface area contributed by atoms with Crippen LogP contribution >= 0.6 is 0 Å². The lowest BCUT2D eigenvalue weighted by atomic mass is 9.97. The van der Waals surface area contributed by atoms with Crippen LogP contribution in [0.15, 0.2) is 60.7 Å². The lowest BCUT2D eigenvalue weighted by Gasteiger charge is -2.48. The normalized spacial score (nSPS) is 30.8. The highest BCUT2D eigenvalue weighted by molar-refractivity contribution is 5.21. The zero-order chi connectivity index (χ0) is 28.1. The standard InChI is InChI=1S/C31H43NO9/c1-33-16-8-13-32-14-17-34-19-21-36-28-27-26(23-38-30(41-27)24-9-4-2-5-10-24)40-31(39-25-11-6-3-7-12-25)29(28)37-22-20-35-18-15-32/h2-7,9-12,26-31H,8,13-23H2,1H3/t26-,27-,28+,29-,30?,31-/m1/s1. The van der Waals surface area contributed by atoms with Crippen LogP contribution in [0.3, 0.4) is 0 Å². The average molecular weight is 574 g/mol. The van der Waals surface area contributed by atoms with Gasteiger partial charge in [0.05, 0.1) is 46.2 Å². The predicted molar refractivity (Wildman–Crippen MR) is 150 cm³/mol. The number of para-hydroxylation sites is 1. The highest BCUT2D eigenvalue weighted by Crippen LogP contribution is 2.37. The fourth-order valence-electron chi connectivity index (χ4n) is 5.27. The number of nitrogens with zero attached hydrogens (tertiary/aromatic N) is 1. The molecule has 0 aliphatic carbocycles. The van der Waals surface area contributed by atoms with Gasteiger partial charge in [-0.05, 0) is 18.6 Å². The second-order valence-corrected chi connectivity index (χ2v) is 10.2. The van der Waals surface area contributed by atoms with Gasteiger partial charge in [-0.2, -0.15) is 0 Å². The van der Waals surface area contributed by atoms with E-state index in [1.165, 1.54) is 0 Å². The molecule has 0 amide bonds. The Morgan fingerprint density at radius 2 is 1.41 bits per heavy atom. The van der Waals surface area contributed by atoms with Gasteiger partial charge in [-0.25, -0.2) is 0 Å². The molecule has 41 heavy (non-hydrogen) atoms. The summed E-state index contributed by atoms with van der Waals surface area (Å²) in [6, 6.07) is 19.5. The maximum absolute atomic E-state index is 6.50. The Morgan fingerprint density at radius 3 is 2.12 bits per heavy atom. The molecule has 5 rings (SSSR count). The monoisotopic (exact) mass is 573 g/mol. The van der Waals surface area contributed by atoms with Crippen LogP contribution in [0.1, 0.15) is 18.3 Å². The number of hydrogen-bond donors (Lipinski definition) is 0. The lowest BCUT2D eigenvalue weighted by Crippen LogP contribution is -2.64. The molecule has 0 spiro atoms. The molecule has 10 heteroatoms. The lowest BCUT2D eigenvalue weighted by molar-refractivity contribution is -0.360. The van der Waals surface area contributed by atoms with Gasteiger partial charge < -0.3 is 42.6 Å². The highest BCUT2D eigenvalue weighted by Gasteiger charge is 2.52. The molecule has 0 radical (unpaired) electrons. The quantitative estimate of drug-likeness (QED) is 0.461. The van der Waals surface area contributed by atoms with Gasteiger partial charge >= 0.3 is 0 Å². The van der Waals surface area contributed by atoms with E-state index in [4.69, 9.17) is 42.6 Å². The van der Waals surface area contributed by atoms with Crippen molar-refractivity contribution in [1.82, 2.24) is 4.90 Å². The van der Waals surface area contributed by atoms with E-state index in [0.29, 0.717) is 52.0 Å². The van der Waals surface area contributed by atoms with Crippen molar-refractivity contribution < 1.29 is 42.6 Å². The highest BCUT2D eigenvalue weighted by atomic mass is 16.8. The molecular weight excluding hydrogens is 530 g/mol. The molecule has 1 unspecified atom stereocenters. The van der Waals surface area contributed by atoms with E-state index in [-0.39, 0.29) is 0 Å². The van der Waals surface area contributed by atoms with Gasteiger partial charge in [0, 0.05) is 38.9 Å². The molecular formula is C31H43NO9. The van der Waals surface area contributed by atoms with Crippen molar-refractivity contribution >= 4 is 0 Å². The van der Waals surface area contributed by atoms with Gasteiger partial charge in [0.15, 0.2) is 6.29 Å². The van der Waals surface area contributed by atoms with Gasteiger partial charge in [-0.15, -0.1) is 0 Å². The molecule has 2 aromatic rings. The van der Waals surface area contributed by atoms with E-state index in [2.05, 4.69) is 4.90 Å². The van der Waals surface area contributed by atoms with Crippen molar-refractivity contribution in [1.29, 1.82) is 0 Å². The molecule has 6 atom stereocenters. The maximum Gasteiger partial charge on any atom is 0.229 e. The summed E-state index contributed by atoms with van der Waals surface area (Å²) in [5.74, 6) is 0.683. The van der Waals surface area contributed by atoms with E-state index in [0.717, 1.165) is 38.2 Å². The summed E-state index contributed by atoms with van der Waals surface area (Å²) in [4.78, 5) is 2.34. The van der Waals surface area contributed by atoms with Crippen molar-refractivity contribution in [3.05, 3.63) is 66.2 Å². The molecule has 226 valence electrons. The SMILES string of the molecule is COCCCN1CCOCCO[C@@H]2[C@@H](OCCOCC1)[C@H](Oc1ccccc1)O[C@@H]1COC(c3ccccc3)O[C@@H]21. The third-order valence-corrected chi connectivity index (χ3v) is 7.35. The summed E-state index contributed by atoms with van der Waals surface area (Å²) in [7, 11) is 1.73. The average Bonchev–Trinajstić information content (AvgIpc) is 3.02. The molecule has 3 saturated heterocycles. The van der Waals surface area contributed by atoms with Crippen LogP contribution in [0.4, 0.5) is 0 Å². The Labute approximate surface area is 242 Å². The Kier molecular flexibility index (Phi) is 12.2. The second kappa shape index (κ2) is 16.5. The number of fused-ring (bicyclic) bond motifs is 3. The first-order chi connectivity index (χ1) is 20.3. The number of hydrogen-bond acceptors (Lipinski definition) is 10. The summed E-state index contributed by atoms with van der Waals surface area (Å²) in [5, 5.41) is 0. The number of benzene rings is 2. The van der Waals surface area contributed by atoms with Crippen molar-refractivity contribution in [3.63, 3.8) is 0 Å². The van der Waals surface area contributed by atoms with Crippen LogP contribution in [0.25, 0.3) is 0 Å². The third kappa shape index (κ3) is 8.93. The Balaban J connectivity index is 1.30. The van der Waals surface area contributed by atoms with E-state index in [1.54, 1.807) is 7.11 Å². The first-order valence-corrected chi connectivity index (χ1v) is 14.6. The Hall–Kier alpha value is -2.12. The maximum atomic E-state index is 6.50. The molecule has 0 aromatic heterocycles. The van der Waals surface area contributed by atoms with Crippen molar-refractivity contribution in [2.24, 2.45) is 0 Å². The van der Waals surface area contributed by atoms with Gasteiger partial charge in [0.25, 0.3) is 0 Å². The summed E-state index contributed by atoms with van der Waals surface area (Å²) >= 11 is 0. The minimum atomic E-state index is -0.725. The molecule has 0 bridgehead atoms. The smallest absolute Gasteiger partial charge is 0.229 e. The van der Waals surface area contributed by atoms with Crippen LogP contribution in [0, 0.1) is 0 Å². The zero-order valence-electron chi connectivity index (χ0n) is 23.8. The van der Waals surface area contributed by atoms with Crippen molar-refractivity contribution in [3.8, 4) is 5.75 Å². The summed E-state index contributed by atoms with van der Waals surface area (Å²) in [6.45, 7) is 6.48. The Bertz CT molecular complexity index is 984. The minimum Gasteiger partial charge on any atom is -0.462 e. The molecule has 3 aliphatic rings. The summed E-state index contributed by atoms with van der Waals surface area (Å²) in [6.07, 6.45) is -2.15. The van der Waals surface area contributed by atoms with Crippen LogP contribution in [-0.2, 0) is 37.9 Å². The summed E-state index contributed by atoms with van der Waals surface area (Å²) in [5.41, 5.74) is 0.940. The van der Waals surface area contributed by atoms with Gasteiger partial charge in [0.2, 0.25) is 6.29 Å². The topological polar surface area (TPSA) is 86.3 Å². The van der Waals surface area contributed by atoms with Gasteiger partial charge in [-0.3, -0.25) is 4.90 Å². The van der Waals surface area contributed by atoms with E-state index in [1.807, 2.05) is 60.7 Å². The predicted octanol–water partition coefficient (Wildman–Crippen LogP) is 3.06. The minimum absolute atomic E-state index is 0.337.